The summed E-state index contributed by atoms with van der Waals surface area (Å²) >= 11 is 14.3. The fraction of sp³-hybridized carbons (Fsp3) is 0.281. The quantitative estimate of drug-likeness (QED) is 0.214. The number of thiophene rings is 1. The van der Waals surface area contributed by atoms with Crippen LogP contribution in [-0.4, -0.2) is 46.5 Å². The number of aryl methyl sites for hydroxylation is 1. The monoisotopic (exact) mass is 635 g/mol. The van der Waals surface area contributed by atoms with Gasteiger partial charge in [0.1, 0.15) is 0 Å². The lowest BCUT2D eigenvalue weighted by Gasteiger charge is -2.26. The lowest BCUT2D eigenvalue weighted by molar-refractivity contribution is 0.0743. The molecule has 8 nitrogen and oxygen atoms in total. The number of halogens is 2. The Balaban J connectivity index is 1.61. The predicted octanol–water partition coefficient (Wildman–Crippen LogP) is 6.99. The number of amides is 2. The molecule has 2 aromatic heterocycles. The molecule has 1 saturated heterocycles. The first-order valence-corrected chi connectivity index (χ1v) is 15.6. The average molecular weight is 637 g/mol. The van der Waals surface area contributed by atoms with Gasteiger partial charge in [-0.3, -0.25) is 10.2 Å². The highest BCUT2D eigenvalue weighted by molar-refractivity contribution is 7.16. The number of aromatic nitrogens is 2. The van der Waals surface area contributed by atoms with Gasteiger partial charge >= 0.3 is 6.09 Å². The number of carbonyl (C=O) groups is 2. The van der Waals surface area contributed by atoms with E-state index in [1.54, 1.807) is 29.8 Å². The van der Waals surface area contributed by atoms with E-state index in [9.17, 15) is 9.59 Å². The van der Waals surface area contributed by atoms with Crippen LogP contribution in [0, 0.1) is 18.8 Å². The number of ether oxygens (including phenoxy) is 1. The number of carbonyl (C=O) groups excluding carboxylic acids is 2. The molecule has 5 rings (SSSR count). The van der Waals surface area contributed by atoms with Crippen LogP contribution in [0.3, 0.4) is 0 Å². The van der Waals surface area contributed by atoms with Crippen LogP contribution in [0.4, 0.5) is 4.79 Å². The van der Waals surface area contributed by atoms with Crippen molar-refractivity contribution in [2.24, 2.45) is 0 Å². The van der Waals surface area contributed by atoms with Gasteiger partial charge in [-0.1, -0.05) is 59.2 Å². The number of alkyl carbamates (subject to hydrolysis) is 1. The number of hydrogen-bond donors (Lipinski definition) is 2. The van der Waals surface area contributed by atoms with Gasteiger partial charge < -0.3 is 10.1 Å². The van der Waals surface area contributed by atoms with E-state index in [2.05, 4.69) is 22.6 Å². The number of nitrogens with one attached hydrogen (secondary N) is 2. The van der Waals surface area contributed by atoms with Crippen molar-refractivity contribution in [1.82, 2.24) is 25.5 Å². The second-order valence-corrected chi connectivity index (χ2v) is 12.0. The molecule has 2 aromatic carbocycles. The highest BCUT2D eigenvalue weighted by Gasteiger charge is 2.28. The van der Waals surface area contributed by atoms with Crippen LogP contribution in [0.5, 0.6) is 0 Å². The van der Waals surface area contributed by atoms with Gasteiger partial charge in [-0.15, -0.1) is 11.3 Å². The van der Waals surface area contributed by atoms with Crippen molar-refractivity contribution < 1.29 is 14.3 Å². The molecule has 1 aliphatic rings. The number of benzene rings is 2. The molecule has 0 spiro atoms. The van der Waals surface area contributed by atoms with Gasteiger partial charge in [-0.05, 0) is 69.2 Å². The summed E-state index contributed by atoms with van der Waals surface area (Å²) in [6.45, 7) is 5.50. The summed E-state index contributed by atoms with van der Waals surface area (Å²) in [6.07, 6.45) is 2.53. The van der Waals surface area contributed by atoms with Crippen molar-refractivity contribution in [2.45, 2.75) is 39.7 Å². The SMILES string of the molecule is CCOC(=O)NCc1c(C(=O)NN2CCCCC2)nn(-c2ccc(Cl)cc2Cl)c1-c1ccc(C#Cc2ccc(C)cc2)s1. The Bertz CT molecular complexity index is 1680. The summed E-state index contributed by atoms with van der Waals surface area (Å²) in [5.74, 6) is 6.08. The lowest BCUT2D eigenvalue weighted by atomic mass is 10.1. The molecule has 43 heavy (non-hydrogen) atoms. The minimum absolute atomic E-state index is 0.00437. The minimum atomic E-state index is -0.594. The van der Waals surface area contributed by atoms with Gasteiger partial charge in [-0.2, -0.15) is 5.10 Å². The van der Waals surface area contributed by atoms with Gasteiger partial charge in [0.25, 0.3) is 5.91 Å². The van der Waals surface area contributed by atoms with Crippen molar-refractivity contribution in [3.05, 3.63) is 91.9 Å². The largest absolute Gasteiger partial charge is 0.450 e. The van der Waals surface area contributed by atoms with E-state index >= 15 is 0 Å². The first-order chi connectivity index (χ1) is 20.8. The Labute approximate surface area is 264 Å². The van der Waals surface area contributed by atoms with Crippen LogP contribution in [0.25, 0.3) is 16.3 Å². The molecule has 2 amide bonds. The Morgan fingerprint density at radius 3 is 2.51 bits per heavy atom. The van der Waals surface area contributed by atoms with E-state index in [1.807, 2.05) is 48.3 Å². The fourth-order valence-electron chi connectivity index (χ4n) is 4.73. The summed E-state index contributed by atoms with van der Waals surface area (Å²) in [5.41, 5.74) is 6.92. The zero-order valence-electron chi connectivity index (χ0n) is 23.9. The molecule has 4 aromatic rings. The molecule has 222 valence electrons. The third kappa shape index (κ3) is 7.59. The Morgan fingerprint density at radius 2 is 1.79 bits per heavy atom. The molecule has 3 heterocycles. The molecule has 1 fully saturated rings. The maximum Gasteiger partial charge on any atom is 0.407 e. The zero-order chi connectivity index (χ0) is 30.3. The summed E-state index contributed by atoms with van der Waals surface area (Å²) in [7, 11) is 0. The van der Waals surface area contributed by atoms with Gasteiger partial charge in [0.2, 0.25) is 0 Å². The molecular weight excluding hydrogens is 605 g/mol. The molecule has 2 N–H and O–H groups in total. The van der Waals surface area contributed by atoms with Crippen LogP contribution in [-0.2, 0) is 11.3 Å². The highest BCUT2D eigenvalue weighted by Crippen LogP contribution is 2.36. The van der Waals surface area contributed by atoms with E-state index < -0.39 is 6.09 Å². The second-order valence-electron chi connectivity index (χ2n) is 10.0. The number of piperidine rings is 1. The highest BCUT2D eigenvalue weighted by atomic mass is 35.5. The van der Waals surface area contributed by atoms with E-state index in [-0.39, 0.29) is 24.8 Å². The van der Waals surface area contributed by atoms with Gasteiger partial charge in [0.15, 0.2) is 5.69 Å². The lowest BCUT2D eigenvalue weighted by Crippen LogP contribution is -2.45. The molecule has 0 aliphatic carbocycles. The Hall–Kier alpha value is -3.81. The molecule has 0 unspecified atom stereocenters. The maximum absolute atomic E-state index is 13.7. The predicted molar refractivity (Wildman–Crippen MR) is 171 cm³/mol. The van der Waals surface area contributed by atoms with Crippen LogP contribution in [0.2, 0.25) is 10.0 Å². The summed E-state index contributed by atoms with van der Waals surface area (Å²) in [4.78, 5) is 27.7. The third-order valence-corrected chi connectivity index (χ3v) is 8.40. The summed E-state index contributed by atoms with van der Waals surface area (Å²) in [6, 6.07) is 17.0. The maximum atomic E-state index is 13.7. The average Bonchev–Trinajstić information content (AvgIpc) is 3.61. The molecule has 0 atom stereocenters. The summed E-state index contributed by atoms with van der Waals surface area (Å²) in [5, 5.41) is 10.3. The molecule has 0 bridgehead atoms. The number of rotatable bonds is 7. The first kappa shape index (κ1) is 30.6. The van der Waals surface area contributed by atoms with Crippen molar-refractivity contribution >= 4 is 46.5 Å². The fourth-order valence-corrected chi connectivity index (χ4v) is 6.13. The Kier molecular flexibility index (Phi) is 10.1. The van der Waals surface area contributed by atoms with Gasteiger partial charge in [0, 0.05) is 29.2 Å². The second kappa shape index (κ2) is 14.1. The number of hydrazine groups is 1. The van der Waals surface area contributed by atoms with Crippen LogP contribution in [0.15, 0.2) is 54.6 Å². The van der Waals surface area contributed by atoms with Crippen molar-refractivity contribution in [2.75, 3.05) is 19.7 Å². The molecule has 0 saturated carbocycles. The van der Waals surface area contributed by atoms with Crippen molar-refractivity contribution in [1.29, 1.82) is 0 Å². The van der Waals surface area contributed by atoms with E-state index in [4.69, 9.17) is 33.0 Å². The standard InChI is InChI=1S/C32H31Cl2N5O3S/c1-3-42-32(41)35-20-25-29(31(40)37-38-17-5-4-6-18-38)36-39(27-15-12-23(33)19-26(27)34)30(25)28-16-14-24(43-28)13-11-22-9-7-21(2)8-10-22/h7-10,12,14-16,19H,3-6,17-18,20H2,1-2H3,(H,35,41)(H,37,40). The molecule has 0 radical (unpaired) electrons. The van der Waals surface area contributed by atoms with Crippen LogP contribution >= 0.6 is 34.5 Å². The van der Waals surface area contributed by atoms with E-state index in [0.29, 0.717) is 27.0 Å². The van der Waals surface area contributed by atoms with Crippen LogP contribution in [0.1, 0.15) is 58.2 Å². The smallest absolute Gasteiger partial charge is 0.407 e. The number of nitrogens with zero attached hydrogens (tertiary/aromatic N) is 3. The number of hydrogen-bond acceptors (Lipinski definition) is 6. The Morgan fingerprint density at radius 1 is 1.02 bits per heavy atom. The van der Waals surface area contributed by atoms with E-state index in [0.717, 1.165) is 47.7 Å². The van der Waals surface area contributed by atoms with E-state index in [1.165, 1.54) is 16.9 Å². The third-order valence-electron chi connectivity index (χ3n) is 6.86. The van der Waals surface area contributed by atoms with Crippen LogP contribution < -0.4 is 10.7 Å². The molecule has 1 aliphatic heterocycles. The summed E-state index contributed by atoms with van der Waals surface area (Å²) < 4.78 is 6.74. The zero-order valence-corrected chi connectivity index (χ0v) is 26.2. The van der Waals surface area contributed by atoms with Gasteiger partial charge in [-0.25, -0.2) is 14.5 Å². The first-order valence-electron chi connectivity index (χ1n) is 14.0. The molecular formula is C32H31Cl2N5O3S. The van der Waals surface area contributed by atoms with Crippen molar-refractivity contribution in [3.8, 4) is 28.1 Å². The normalized spacial score (nSPS) is 13.2. The minimum Gasteiger partial charge on any atom is -0.450 e. The van der Waals surface area contributed by atoms with Gasteiger partial charge in [0.05, 0.1) is 39.3 Å². The molecule has 11 heteroatoms. The topological polar surface area (TPSA) is 88.5 Å². The van der Waals surface area contributed by atoms with Crippen molar-refractivity contribution in [3.63, 3.8) is 0 Å².